The number of benzene rings is 2. The van der Waals surface area contributed by atoms with E-state index in [0.717, 1.165) is 38.3 Å². The summed E-state index contributed by atoms with van der Waals surface area (Å²) in [5, 5.41) is 3.42. The van der Waals surface area contributed by atoms with Crippen LogP contribution in [0.5, 0.6) is 5.75 Å². The molecule has 0 saturated heterocycles. The first-order valence-corrected chi connectivity index (χ1v) is 9.03. The summed E-state index contributed by atoms with van der Waals surface area (Å²) in [6, 6.07) is 20.3. The molecule has 0 aliphatic carbocycles. The minimum atomic E-state index is 0.642. The standard InChI is InChI=1S/C21H29NO3/c1-3-9-20(10-4-1)19-22-13-7-14-23-17-18-24-15-8-16-25-21-11-5-2-6-12-21/h1-6,9-12,22H,7-8,13-19H2. The van der Waals surface area contributed by atoms with Gasteiger partial charge >= 0.3 is 0 Å². The molecule has 2 rings (SSSR count). The van der Waals surface area contributed by atoms with Gasteiger partial charge in [-0.25, -0.2) is 0 Å². The maximum Gasteiger partial charge on any atom is 0.119 e. The first kappa shape index (κ1) is 19.4. The highest BCUT2D eigenvalue weighted by molar-refractivity contribution is 5.20. The van der Waals surface area contributed by atoms with Crippen molar-refractivity contribution in [1.29, 1.82) is 0 Å². The fourth-order valence-electron chi connectivity index (χ4n) is 2.32. The Morgan fingerprint density at radius 2 is 1.28 bits per heavy atom. The quantitative estimate of drug-likeness (QED) is 0.531. The molecule has 1 N–H and O–H groups in total. The summed E-state index contributed by atoms with van der Waals surface area (Å²) in [6.07, 6.45) is 1.90. The van der Waals surface area contributed by atoms with Crippen molar-refractivity contribution < 1.29 is 14.2 Å². The molecule has 2 aromatic carbocycles. The largest absolute Gasteiger partial charge is 0.494 e. The lowest BCUT2D eigenvalue weighted by Crippen LogP contribution is -2.17. The number of para-hydroxylation sites is 1. The summed E-state index contributed by atoms with van der Waals surface area (Å²) in [7, 11) is 0. The van der Waals surface area contributed by atoms with Crippen molar-refractivity contribution in [2.24, 2.45) is 0 Å². The zero-order valence-electron chi connectivity index (χ0n) is 14.9. The first-order valence-electron chi connectivity index (χ1n) is 9.03. The molecule has 0 radical (unpaired) electrons. The molecule has 25 heavy (non-hydrogen) atoms. The Morgan fingerprint density at radius 1 is 0.640 bits per heavy atom. The Kier molecular flexibility index (Phi) is 10.4. The highest BCUT2D eigenvalue weighted by atomic mass is 16.5. The first-order chi connectivity index (χ1) is 12.4. The van der Waals surface area contributed by atoms with E-state index in [1.54, 1.807) is 0 Å². The van der Waals surface area contributed by atoms with Gasteiger partial charge < -0.3 is 19.5 Å². The zero-order valence-corrected chi connectivity index (χ0v) is 14.9. The van der Waals surface area contributed by atoms with E-state index >= 15 is 0 Å². The summed E-state index contributed by atoms with van der Waals surface area (Å²) >= 11 is 0. The van der Waals surface area contributed by atoms with Gasteiger partial charge in [-0.3, -0.25) is 0 Å². The minimum absolute atomic E-state index is 0.642. The summed E-state index contributed by atoms with van der Waals surface area (Å²) in [6.45, 7) is 5.32. The molecular weight excluding hydrogens is 314 g/mol. The molecule has 4 heteroatoms. The van der Waals surface area contributed by atoms with Gasteiger partial charge in [0.25, 0.3) is 0 Å². The molecule has 0 aromatic heterocycles. The van der Waals surface area contributed by atoms with Gasteiger partial charge in [-0.15, -0.1) is 0 Å². The summed E-state index contributed by atoms with van der Waals surface area (Å²) in [5.74, 6) is 0.909. The van der Waals surface area contributed by atoms with E-state index in [9.17, 15) is 0 Å². The second-order valence-electron chi connectivity index (χ2n) is 5.76. The van der Waals surface area contributed by atoms with Crippen molar-refractivity contribution in [1.82, 2.24) is 5.32 Å². The minimum Gasteiger partial charge on any atom is -0.494 e. The van der Waals surface area contributed by atoms with Gasteiger partial charge in [0, 0.05) is 26.2 Å². The van der Waals surface area contributed by atoms with Crippen molar-refractivity contribution >= 4 is 0 Å². The van der Waals surface area contributed by atoms with Gasteiger partial charge in [-0.2, -0.15) is 0 Å². The van der Waals surface area contributed by atoms with Gasteiger partial charge in [0.15, 0.2) is 0 Å². The van der Waals surface area contributed by atoms with Crippen molar-refractivity contribution in [2.45, 2.75) is 19.4 Å². The molecule has 2 aromatic rings. The van der Waals surface area contributed by atoms with E-state index in [2.05, 4.69) is 29.6 Å². The Hall–Kier alpha value is -1.88. The maximum absolute atomic E-state index is 5.60. The van der Waals surface area contributed by atoms with E-state index in [1.165, 1.54) is 5.56 Å². The average Bonchev–Trinajstić information content (AvgIpc) is 2.67. The van der Waals surface area contributed by atoms with Crippen molar-refractivity contribution in [2.75, 3.05) is 39.6 Å². The maximum atomic E-state index is 5.60. The fourth-order valence-corrected chi connectivity index (χ4v) is 2.32. The van der Waals surface area contributed by atoms with Crippen molar-refractivity contribution in [3.8, 4) is 5.75 Å². The predicted octanol–water partition coefficient (Wildman–Crippen LogP) is 3.67. The molecule has 0 aliphatic heterocycles. The van der Waals surface area contributed by atoms with E-state index in [4.69, 9.17) is 14.2 Å². The lowest BCUT2D eigenvalue weighted by atomic mass is 10.2. The highest BCUT2D eigenvalue weighted by Gasteiger charge is 1.94. The average molecular weight is 343 g/mol. The van der Waals surface area contributed by atoms with E-state index < -0.39 is 0 Å². The smallest absolute Gasteiger partial charge is 0.119 e. The van der Waals surface area contributed by atoms with Gasteiger partial charge in [-0.05, 0) is 30.7 Å². The Balaban J connectivity index is 1.30. The predicted molar refractivity (Wildman–Crippen MR) is 101 cm³/mol. The summed E-state index contributed by atoms with van der Waals surface area (Å²) < 4.78 is 16.7. The number of nitrogens with one attached hydrogen (secondary N) is 1. The third-order valence-corrected chi connectivity index (χ3v) is 3.63. The molecule has 0 fully saturated rings. The van der Waals surface area contributed by atoms with E-state index in [-0.39, 0.29) is 0 Å². The number of rotatable bonds is 14. The zero-order chi connectivity index (χ0) is 17.4. The van der Waals surface area contributed by atoms with Crippen LogP contribution in [0.15, 0.2) is 60.7 Å². The van der Waals surface area contributed by atoms with Gasteiger partial charge in [-0.1, -0.05) is 48.5 Å². The SMILES string of the molecule is c1ccc(CNCCCOCCOCCCOc2ccccc2)cc1. The Labute approximate surface area is 151 Å². The van der Waals surface area contributed by atoms with Crippen LogP contribution >= 0.6 is 0 Å². The van der Waals surface area contributed by atoms with Crippen LogP contribution in [0.3, 0.4) is 0 Å². The molecule has 4 nitrogen and oxygen atoms in total. The molecule has 136 valence electrons. The Bertz CT molecular complexity index is 484. The molecule has 0 atom stereocenters. The fraction of sp³-hybridized carbons (Fsp3) is 0.429. The molecular formula is C21H29NO3. The van der Waals surface area contributed by atoms with Crippen LogP contribution in [0.4, 0.5) is 0 Å². The highest BCUT2D eigenvalue weighted by Crippen LogP contribution is 2.08. The Morgan fingerprint density at radius 3 is 2.00 bits per heavy atom. The second-order valence-corrected chi connectivity index (χ2v) is 5.76. The van der Waals surface area contributed by atoms with Crippen LogP contribution in [0.25, 0.3) is 0 Å². The van der Waals surface area contributed by atoms with Crippen LogP contribution in [0, 0.1) is 0 Å². The topological polar surface area (TPSA) is 39.7 Å². The van der Waals surface area contributed by atoms with Gasteiger partial charge in [0.05, 0.1) is 19.8 Å². The monoisotopic (exact) mass is 343 g/mol. The molecule has 0 spiro atoms. The van der Waals surface area contributed by atoms with Crippen molar-refractivity contribution in [3.63, 3.8) is 0 Å². The number of ether oxygens (including phenoxy) is 3. The van der Waals surface area contributed by atoms with Crippen LogP contribution in [0.2, 0.25) is 0 Å². The van der Waals surface area contributed by atoms with Gasteiger partial charge in [0.2, 0.25) is 0 Å². The molecule has 0 aliphatic rings. The van der Waals surface area contributed by atoms with Crippen LogP contribution in [0.1, 0.15) is 18.4 Å². The van der Waals surface area contributed by atoms with Crippen molar-refractivity contribution in [3.05, 3.63) is 66.2 Å². The van der Waals surface area contributed by atoms with Crippen LogP contribution in [-0.2, 0) is 16.0 Å². The third kappa shape index (κ3) is 9.87. The normalized spacial score (nSPS) is 10.7. The van der Waals surface area contributed by atoms with Gasteiger partial charge in [0.1, 0.15) is 5.75 Å². The molecule has 0 saturated carbocycles. The van der Waals surface area contributed by atoms with Crippen LogP contribution < -0.4 is 10.1 Å². The second kappa shape index (κ2) is 13.4. The van der Waals surface area contributed by atoms with Crippen LogP contribution in [-0.4, -0.2) is 39.6 Å². The lowest BCUT2D eigenvalue weighted by Gasteiger charge is -2.08. The summed E-state index contributed by atoms with van der Waals surface area (Å²) in [4.78, 5) is 0. The van der Waals surface area contributed by atoms with E-state index in [1.807, 2.05) is 36.4 Å². The lowest BCUT2D eigenvalue weighted by molar-refractivity contribution is 0.0428. The molecule has 0 heterocycles. The number of hydrogen-bond acceptors (Lipinski definition) is 4. The van der Waals surface area contributed by atoms with E-state index in [0.29, 0.717) is 26.4 Å². The third-order valence-electron chi connectivity index (χ3n) is 3.63. The summed E-state index contributed by atoms with van der Waals surface area (Å²) in [5.41, 5.74) is 1.31. The molecule has 0 unspecified atom stereocenters. The molecule has 0 amide bonds. The number of hydrogen-bond donors (Lipinski definition) is 1. The molecule has 0 bridgehead atoms.